The average molecular weight is 514 g/mol. The number of carbonyl (C=O) groups is 1. The van der Waals surface area contributed by atoms with Crippen LogP contribution in [0.5, 0.6) is 0 Å². The summed E-state index contributed by atoms with van der Waals surface area (Å²) in [6.45, 7) is 0.579. The lowest BCUT2D eigenvalue weighted by Gasteiger charge is -2.09. The number of nitrogens with zero attached hydrogens (tertiary/aromatic N) is 4. The number of fused-ring (bicyclic) bond motifs is 1. The number of benzene rings is 3. The topological polar surface area (TPSA) is 102 Å². The number of halogens is 2. The van der Waals surface area contributed by atoms with Crippen molar-refractivity contribution in [3.63, 3.8) is 0 Å². The van der Waals surface area contributed by atoms with Gasteiger partial charge in [0.15, 0.2) is 5.16 Å². The fraction of sp³-hybridized carbons (Fsp3) is 0.0870. The van der Waals surface area contributed by atoms with Crippen LogP contribution < -0.4 is 5.43 Å². The van der Waals surface area contributed by atoms with Crippen molar-refractivity contribution in [1.82, 2.24) is 15.0 Å². The normalized spacial score (nSPS) is 11.2. The average Bonchev–Trinajstić information content (AvgIpc) is 3.17. The molecule has 0 saturated carbocycles. The van der Waals surface area contributed by atoms with E-state index in [0.717, 1.165) is 16.6 Å². The summed E-state index contributed by atoms with van der Waals surface area (Å²) in [5.41, 5.74) is 5.49. The Morgan fingerprint density at radius 1 is 1.15 bits per heavy atom. The van der Waals surface area contributed by atoms with Gasteiger partial charge in [-0.25, -0.2) is 10.4 Å². The summed E-state index contributed by atoms with van der Waals surface area (Å²) < 4.78 is 2.05. The van der Waals surface area contributed by atoms with E-state index in [1.54, 1.807) is 6.07 Å². The van der Waals surface area contributed by atoms with Crippen molar-refractivity contribution < 1.29 is 9.72 Å². The summed E-state index contributed by atoms with van der Waals surface area (Å²) in [6, 6.07) is 19.6. The molecule has 1 aromatic heterocycles. The van der Waals surface area contributed by atoms with Crippen LogP contribution in [0.1, 0.15) is 11.1 Å². The van der Waals surface area contributed by atoms with Crippen molar-refractivity contribution in [3.05, 3.63) is 98.0 Å². The molecule has 1 N–H and O–H groups in total. The largest absolute Gasteiger partial charge is 0.314 e. The molecule has 0 saturated heterocycles. The molecule has 1 heterocycles. The Bertz CT molecular complexity index is 1390. The van der Waals surface area contributed by atoms with Gasteiger partial charge in [-0.05, 0) is 35.9 Å². The third-order valence-corrected chi connectivity index (χ3v) is 6.32. The smallest absolute Gasteiger partial charge is 0.288 e. The molecule has 172 valence electrons. The summed E-state index contributed by atoms with van der Waals surface area (Å²) in [6.07, 6.45) is 1.32. The maximum Gasteiger partial charge on any atom is 0.288 e. The van der Waals surface area contributed by atoms with E-state index in [4.69, 9.17) is 23.2 Å². The van der Waals surface area contributed by atoms with Gasteiger partial charge in [-0.3, -0.25) is 14.9 Å². The molecule has 0 atom stereocenters. The van der Waals surface area contributed by atoms with Crippen LogP contribution in [0, 0.1) is 10.1 Å². The Balaban J connectivity index is 1.43. The van der Waals surface area contributed by atoms with Crippen LogP contribution in [-0.2, 0) is 11.3 Å². The van der Waals surface area contributed by atoms with Gasteiger partial charge in [0, 0.05) is 16.7 Å². The molecule has 0 bridgehead atoms. The number of hydrogen-bond donors (Lipinski definition) is 1. The zero-order valence-corrected chi connectivity index (χ0v) is 19.8. The van der Waals surface area contributed by atoms with E-state index in [9.17, 15) is 14.9 Å². The number of aromatic nitrogens is 2. The highest BCUT2D eigenvalue weighted by atomic mass is 35.5. The summed E-state index contributed by atoms with van der Waals surface area (Å²) in [5, 5.41) is 16.3. The van der Waals surface area contributed by atoms with Crippen LogP contribution in [-0.4, -0.2) is 32.3 Å². The number of rotatable bonds is 8. The quantitative estimate of drug-likeness (QED) is 0.144. The fourth-order valence-electron chi connectivity index (χ4n) is 3.18. The molecule has 34 heavy (non-hydrogen) atoms. The monoisotopic (exact) mass is 513 g/mol. The van der Waals surface area contributed by atoms with Crippen LogP contribution >= 0.6 is 35.0 Å². The van der Waals surface area contributed by atoms with Crippen molar-refractivity contribution in [3.8, 4) is 0 Å². The van der Waals surface area contributed by atoms with E-state index >= 15 is 0 Å². The summed E-state index contributed by atoms with van der Waals surface area (Å²) >= 11 is 13.1. The third-order valence-electron chi connectivity index (χ3n) is 4.78. The number of nitro benzene ring substituents is 1. The van der Waals surface area contributed by atoms with Crippen LogP contribution in [0.2, 0.25) is 10.0 Å². The maximum absolute atomic E-state index is 12.3. The van der Waals surface area contributed by atoms with Crippen molar-refractivity contribution in [2.45, 2.75) is 11.7 Å². The van der Waals surface area contributed by atoms with Crippen LogP contribution in [0.25, 0.3) is 11.0 Å². The SMILES string of the molecule is O=C(CSc1nc2ccccc2n1Cc1ccc(Cl)cc1)N/N=C/c1ccc(Cl)c([N+](=O)[O-])c1. The standard InChI is InChI=1S/C23H17Cl2N5O3S/c24-17-8-5-15(6-9-17)13-29-20-4-2-1-3-19(20)27-23(29)34-14-22(31)28-26-12-16-7-10-18(25)21(11-16)30(32)33/h1-12H,13-14H2,(H,28,31)/b26-12+. The Hall–Kier alpha value is -3.40. The Kier molecular flexibility index (Phi) is 7.46. The van der Waals surface area contributed by atoms with Crippen LogP contribution in [0.4, 0.5) is 5.69 Å². The van der Waals surface area contributed by atoms with Gasteiger partial charge in [-0.15, -0.1) is 0 Å². The minimum atomic E-state index is -0.578. The predicted octanol–water partition coefficient (Wildman–Crippen LogP) is 5.54. The van der Waals surface area contributed by atoms with Gasteiger partial charge in [0.05, 0.1) is 34.5 Å². The third kappa shape index (κ3) is 5.74. The number of nitrogens with one attached hydrogen (secondary N) is 1. The van der Waals surface area contributed by atoms with Gasteiger partial charge in [-0.1, -0.05) is 65.3 Å². The van der Waals surface area contributed by atoms with E-state index in [2.05, 4.69) is 15.5 Å². The van der Waals surface area contributed by atoms with E-state index in [1.165, 1.54) is 30.1 Å². The van der Waals surface area contributed by atoms with Gasteiger partial charge in [0.1, 0.15) is 5.02 Å². The van der Waals surface area contributed by atoms with E-state index in [0.29, 0.717) is 22.3 Å². The molecule has 4 rings (SSSR count). The fourth-order valence-corrected chi connectivity index (χ4v) is 4.30. The number of carbonyl (C=O) groups excluding carboxylic acids is 1. The maximum atomic E-state index is 12.3. The first-order valence-corrected chi connectivity index (χ1v) is 11.7. The number of thioether (sulfide) groups is 1. The van der Waals surface area contributed by atoms with Gasteiger partial charge in [0.25, 0.3) is 11.6 Å². The zero-order chi connectivity index (χ0) is 24.1. The Morgan fingerprint density at radius 3 is 2.68 bits per heavy atom. The van der Waals surface area contributed by atoms with E-state index in [-0.39, 0.29) is 22.4 Å². The number of imidazole rings is 1. The molecule has 0 spiro atoms. The van der Waals surface area contributed by atoms with Crippen molar-refractivity contribution >= 4 is 63.8 Å². The second kappa shape index (κ2) is 10.7. The van der Waals surface area contributed by atoms with E-state index in [1.807, 2.05) is 53.1 Å². The molecule has 8 nitrogen and oxygen atoms in total. The molecule has 0 aliphatic rings. The zero-order valence-electron chi connectivity index (χ0n) is 17.5. The molecule has 3 aromatic carbocycles. The summed E-state index contributed by atoms with van der Waals surface area (Å²) in [7, 11) is 0. The molecular formula is C23H17Cl2N5O3S. The lowest BCUT2D eigenvalue weighted by Crippen LogP contribution is -2.20. The van der Waals surface area contributed by atoms with E-state index < -0.39 is 4.92 Å². The first kappa shape index (κ1) is 23.7. The number of amides is 1. The number of hydrazone groups is 1. The van der Waals surface area contributed by atoms with Gasteiger partial charge >= 0.3 is 0 Å². The second-order valence-electron chi connectivity index (χ2n) is 7.15. The second-order valence-corrected chi connectivity index (χ2v) is 8.93. The minimum absolute atomic E-state index is 0.0316. The van der Waals surface area contributed by atoms with Crippen LogP contribution in [0.3, 0.4) is 0 Å². The highest BCUT2D eigenvalue weighted by Crippen LogP contribution is 2.26. The number of hydrogen-bond acceptors (Lipinski definition) is 6. The minimum Gasteiger partial charge on any atom is -0.314 e. The van der Waals surface area contributed by atoms with Crippen LogP contribution in [0.15, 0.2) is 77.0 Å². The van der Waals surface area contributed by atoms with Gasteiger partial charge in [0.2, 0.25) is 0 Å². The van der Waals surface area contributed by atoms with Gasteiger partial charge in [-0.2, -0.15) is 5.10 Å². The lowest BCUT2D eigenvalue weighted by atomic mass is 10.2. The Morgan fingerprint density at radius 2 is 1.91 bits per heavy atom. The van der Waals surface area contributed by atoms with Crippen molar-refractivity contribution in [2.75, 3.05) is 5.75 Å². The van der Waals surface area contributed by atoms with Gasteiger partial charge < -0.3 is 4.57 Å². The molecule has 0 unspecified atom stereocenters. The molecule has 0 aliphatic heterocycles. The molecule has 0 radical (unpaired) electrons. The Labute approximate surface area is 208 Å². The summed E-state index contributed by atoms with van der Waals surface area (Å²) in [4.78, 5) is 27.4. The first-order chi connectivity index (χ1) is 16.4. The first-order valence-electron chi connectivity index (χ1n) is 9.99. The molecule has 11 heteroatoms. The number of nitro groups is 1. The number of para-hydroxylation sites is 2. The van der Waals surface area contributed by atoms with Crippen molar-refractivity contribution in [1.29, 1.82) is 0 Å². The predicted molar refractivity (Wildman–Crippen MR) is 135 cm³/mol. The highest BCUT2D eigenvalue weighted by molar-refractivity contribution is 7.99. The lowest BCUT2D eigenvalue weighted by molar-refractivity contribution is -0.384. The molecule has 0 fully saturated rings. The molecule has 1 amide bonds. The molecule has 0 aliphatic carbocycles. The molecule has 4 aromatic rings. The summed E-state index contributed by atoms with van der Waals surface area (Å²) in [5.74, 6) is -0.253. The molecular weight excluding hydrogens is 497 g/mol. The van der Waals surface area contributed by atoms with Crippen molar-refractivity contribution in [2.24, 2.45) is 5.10 Å². The highest BCUT2D eigenvalue weighted by Gasteiger charge is 2.14.